The number of hydrogen-bond donors (Lipinski definition) is 0. The summed E-state index contributed by atoms with van der Waals surface area (Å²) in [6, 6.07) is 10.3. The molecule has 0 radical (unpaired) electrons. The number of hydrogen-bond acceptors (Lipinski definition) is 1. The van der Waals surface area contributed by atoms with Gasteiger partial charge in [0.25, 0.3) is 0 Å². The highest BCUT2D eigenvalue weighted by Gasteiger charge is 2.03. The van der Waals surface area contributed by atoms with Crippen molar-refractivity contribution in [3.05, 3.63) is 60.3 Å². The Bertz CT molecular complexity index is 391. The van der Waals surface area contributed by atoms with Crippen LogP contribution in [0.2, 0.25) is 0 Å². The third-order valence-corrected chi connectivity index (χ3v) is 3.15. The normalized spacial score (nSPS) is 11.4. The summed E-state index contributed by atoms with van der Waals surface area (Å²) < 4.78 is 0. The second kappa shape index (κ2) is 17.4. The Morgan fingerprint density at radius 1 is 1.18 bits per heavy atom. The molecule has 22 heavy (non-hydrogen) atoms. The Morgan fingerprint density at radius 2 is 1.77 bits per heavy atom. The van der Waals surface area contributed by atoms with Crippen LogP contribution in [0.3, 0.4) is 0 Å². The summed E-state index contributed by atoms with van der Waals surface area (Å²) in [5.74, 6) is 0.773. The maximum absolute atomic E-state index is 3.94. The molecule has 1 aromatic rings. The number of aliphatic imine (C=N–C) groups is 1. The van der Waals surface area contributed by atoms with Gasteiger partial charge in [-0.3, -0.25) is 4.99 Å². The largest absolute Gasteiger partial charge is 0.270 e. The Kier molecular flexibility index (Phi) is 17.9. The van der Waals surface area contributed by atoms with Gasteiger partial charge in [-0.15, -0.1) is 0 Å². The van der Waals surface area contributed by atoms with Crippen LogP contribution in [0.5, 0.6) is 0 Å². The van der Waals surface area contributed by atoms with Crippen molar-refractivity contribution in [2.45, 2.75) is 60.8 Å². The van der Waals surface area contributed by atoms with Crippen LogP contribution in [-0.4, -0.2) is 6.21 Å². The Balaban J connectivity index is 0. The lowest BCUT2D eigenvalue weighted by molar-refractivity contribution is 0.536. The molecule has 0 saturated heterocycles. The molecule has 0 fully saturated rings. The van der Waals surface area contributed by atoms with Crippen molar-refractivity contribution in [2.75, 3.05) is 0 Å². The molecule has 0 amide bonds. The van der Waals surface area contributed by atoms with Gasteiger partial charge >= 0.3 is 0 Å². The maximum Gasteiger partial charge on any atom is 0.0221 e. The van der Waals surface area contributed by atoms with E-state index in [2.05, 4.69) is 51.4 Å². The second-order valence-corrected chi connectivity index (χ2v) is 5.28. The third-order valence-electron chi connectivity index (χ3n) is 3.15. The van der Waals surface area contributed by atoms with Gasteiger partial charge in [-0.25, -0.2) is 0 Å². The van der Waals surface area contributed by atoms with Gasteiger partial charge in [0.2, 0.25) is 0 Å². The molecule has 0 N–H and O–H groups in total. The van der Waals surface area contributed by atoms with E-state index in [1.807, 2.05) is 38.1 Å². The highest BCUT2D eigenvalue weighted by Crippen LogP contribution is 2.17. The van der Waals surface area contributed by atoms with Gasteiger partial charge in [0.1, 0.15) is 0 Å². The molecule has 0 bridgehead atoms. The first kappa shape index (κ1) is 22.6. The van der Waals surface area contributed by atoms with Gasteiger partial charge in [-0.05, 0) is 46.5 Å². The number of aryl methyl sites for hydroxylation is 1. The van der Waals surface area contributed by atoms with E-state index in [0.717, 1.165) is 5.92 Å². The molecular formula is C21H35N. The van der Waals surface area contributed by atoms with Crippen LogP contribution < -0.4 is 0 Å². The van der Waals surface area contributed by atoms with Crippen molar-refractivity contribution in [1.82, 2.24) is 0 Å². The van der Waals surface area contributed by atoms with Gasteiger partial charge < -0.3 is 0 Å². The zero-order chi connectivity index (χ0) is 17.2. The van der Waals surface area contributed by atoms with E-state index < -0.39 is 0 Å². The van der Waals surface area contributed by atoms with Crippen molar-refractivity contribution < 1.29 is 0 Å². The predicted molar refractivity (Wildman–Crippen MR) is 104 cm³/mol. The van der Waals surface area contributed by atoms with Crippen LogP contribution in [-0.2, 0) is 0 Å². The maximum atomic E-state index is 3.94. The monoisotopic (exact) mass is 301 g/mol. The van der Waals surface area contributed by atoms with Gasteiger partial charge in [0.15, 0.2) is 0 Å². The highest BCUT2D eigenvalue weighted by atomic mass is 14.6. The van der Waals surface area contributed by atoms with E-state index in [1.54, 1.807) is 12.4 Å². The summed E-state index contributed by atoms with van der Waals surface area (Å²) in [5, 5.41) is 0. The quantitative estimate of drug-likeness (QED) is 0.410. The molecule has 124 valence electrons. The molecule has 1 atom stereocenters. The summed E-state index contributed by atoms with van der Waals surface area (Å²) in [5.41, 5.74) is 2.67. The molecule has 0 heterocycles. The minimum absolute atomic E-state index is 0.773. The van der Waals surface area contributed by atoms with Crippen LogP contribution in [0.4, 0.5) is 0 Å². The van der Waals surface area contributed by atoms with Crippen LogP contribution in [0.15, 0.2) is 59.8 Å². The molecule has 1 heteroatoms. The smallest absolute Gasteiger partial charge is 0.0221 e. The van der Waals surface area contributed by atoms with Crippen molar-refractivity contribution in [3.8, 4) is 0 Å². The van der Waals surface area contributed by atoms with Crippen molar-refractivity contribution >= 4 is 6.21 Å². The standard InChI is InChI=1S/C9H18.C7H8.C5H9N/c1-5-7-9(6-2)8(3)4;1-7-5-3-2-4-6-7;1-3-5-6-4-2/h9H,3,5-7H2,1-2,4H3;2-6H,1H3;3-5H,1-2H3/b;;5-3-,6-4?. The molecule has 1 unspecified atom stereocenters. The Labute approximate surface area is 138 Å². The molecule has 0 aliphatic carbocycles. The Hall–Kier alpha value is -1.63. The first-order chi connectivity index (χ1) is 10.5. The van der Waals surface area contributed by atoms with Crippen LogP contribution in [0.25, 0.3) is 0 Å². The number of rotatable bonds is 5. The minimum atomic E-state index is 0.773. The lowest BCUT2D eigenvalue weighted by Gasteiger charge is -2.12. The van der Waals surface area contributed by atoms with Crippen LogP contribution >= 0.6 is 0 Å². The molecule has 1 rings (SSSR count). The summed E-state index contributed by atoms with van der Waals surface area (Å²) in [4.78, 5) is 3.78. The average molecular weight is 302 g/mol. The molecule has 1 aromatic carbocycles. The third kappa shape index (κ3) is 16.4. The summed E-state index contributed by atoms with van der Waals surface area (Å²) in [6.45, 7) is 16.4. The topological polar surface area (TPSA) is 12.4 Å². The zero-order valence-electron chi connectivity index (χ0n) is 15.5. The second-order valence-electron chi connectivity index (χ2n) is 5.28. The van der Waals surface area contributed by atoms with E-state index in [1.165, 1.54) is 30.4 Å². The zero-order valence-corrected chi connectivity index (χ0v) is 15.5. The summed E-state index contributed by atoms with van der Waals surface area (Å²) >= 11 is 0. The fraction of sp³-hybridized carbons (Fsp3) is 0.476. The Morgan fingerprint density at radius 3 is 1.95 bits per heavy atom. The van der Waals surface area contributed by atoms with E-state index >= 15 is 0 Å². The van der Waals surface area contributed by atoms with Gasteiger partial charge in [-0.2, -0.15) is 0 Å². The van der Waals surface area contributed by atoms with E-state index in [-0.39, 0.29) is 0 Å². The molecule has 0 aliphatic rings. The average Bonchev–Trinajstić information content (AvgIpc) is 2.52. The fourth-order valence-corrected chi connectivity index (χ4v) is 1.85. The van der Waals surface area contributed by atoms with E-state index in [4.69, 9.17) is 0 Å². The molecule has 0 aromatic heterocycles. The van der Waals surface area contributed by atoms with E-state index in [9.17, 15) is 0 Å². The number of benzene rings is 1. The van der Waals surface area contributed by atoms with Crippen molar-refractivity contribution in [3.63, 3.8) is 0 Å². The molecule has 0 aliphatic heterocycles. The number of allylic oxidation sites excluding steroid dienone is 2. The van der Waals surface area contributed by atoms with Crippen LogP contribution in [0, 0.1) is 12.8 Å². The lowest BCUT2D eigenvalue weighted by Crippen LogP contribution is -1.97. The van der Waals surface area contributed by atoms with Gasteiger partial charge in [0.05, 0.1) is 0 Å². The molecule has 0 spiro atoms. The molecule has 1 nitrogen and oxygen atoms in total. The van der Waals surface area contributed by atoms with Crippen molar-refractivity contribution in [2.24, 2.45) is 10.9 Å². The lowest BCUT2D eigenvalue weighted by atomic mass is 9.94. The highest BCUT2D eigenvalue weighted by molar-refractivity contribution is 5.54. The van der Waals surface area contributed by atoms with Gasteiger partial charge in [-0.1, -0.05) is 74.4 Å². The minimum Gasteiger partial charge on any atom is -0.270 e. The SMILES string of the molecule is C=C(C)C(CC)CCC.CC=N/C=C\C.Cc1ccccc1. The summed E-state index contributed by atoms with van der Waals surface area (Å²) in [6.07, 6.45) is 9.24. The summed E-state index contributed by atoms with van der Waals surface area (Å²) in [7, 11) is 0. The number of nitrogens with zero attached hydrogens (tertiary/aromatic N) is 1. The predicted octanol–water partition coefficient (Wildman–Crippen LogP) is 6.99. The first-order valence-electron chi connectivity index (χ1n) is 8.29. The fourth-order valence-electron chi connectivity index (χ4n) is 1.85. The molecular weight excluding hydrogens is 266 g/mol. The van der Waals surface area contributed by atoms with Crippen LogP contribution in [0.1, 0.15) is 59.4 Å². The van der Waals surface area contributed by atoms with E-state index in [0.29, 0.717) is 0 Å². The molecule has 0 saturated carbocycles. The van der Waals surface area contributed by atoms with Gasteiger partial charge in [0, 0.05) is 12.4 Å². The first-order valence-corrected chi connectivity index (χ1v) is 8.29. The van der Waals surface area contributed by atoms with Crippen molar-refractivity contribution in [1.29, 1.82) is 0 Å².